The van der Waals surface area contributed by atoms with Crippen molar-refractivity contribution >= 4 is 6.08 Å². The molecule has 0 saturated heterocycles. The first-order valence-corrected chi connectivity index (χ1v) is 6.22. The molecule has 1 nitrogen and oxygen atoms in total. The van der Waals surface area contributed by atoms with Crippen molar-refractivity contribution in [2.75, 3.05) is 6.54 Å². The van der Waals surface area contributed by atoms with Gasteiger partial charge in [-0.15, -0.1) is 0 Å². The van der Waals surface area contributed by atoms with E-state index in [4.69, 9.17) is 0 Å². The molecule has 1 heteroatoms. The molecule has 1 aliphatic carbocycles. The van der Waals surface area contributed by atoms with Crippen molar-refractivity contribution in [1.29, 1.82) is 0 Å². The van der Waals surface area contributed by atoms with E-state index in [2.05, 4.69) is 49.5 Å². The molecule has 1 aromatic carbocycles. The average molecular weight is 215 g/mol. The lowest BCUT2D eigenvalue weighted by Crippen LogP contribution is -2.16. The number of hydrogen-bond donors (Lipinski definition) is 1. The van der Waals surface area contributed by atoms with Gasteiger partial charge in [0.25, 0.3) is 0 Å². The van der Waals surface area contributed by atoms with Crippen molar-refractivity contribution < 1.29 is 0 Å². The van der Waals surface area contributed by atoms with Crippen molar-refractivity contribution in [1.82, 2.24) is 5.32 Å². The first-order valence-electron chi connectivity index (χ1n) is 6.22. The Morgan fingerprint density at radius 1 is 1.19 bits per heavy atom. The minimum Gasteiger partial charge on any atom is -0.314 e. The molecule has 0 atom stereocenters. The van der Waals surface area contributed by atoms with Crippen LogP contribution in [0.2, 0.25) is 0 Å². The number of rotatable bonds is 5. The normalized spacial score (nSPS) is 15.9. The zero-order valence-electron chi connectivity index (χ0n) is 10.3. The Labute approximate surface area is 98.6 Å². The molecular formula is C15H21N. The SMILES string of the molecule is Cc1cc(C)cc(C=CCCNC2CC2)c1. The zero-order valence-corrected chi connectivity index (χ0v) is 10.3. The summed E-state index contributed by atoms with van der Waals surface area (Å²) in [6, 6.07) is 7.51. The summed E-state index contributed by atoms with van der Waals surface area (Å²) in [6.45, 7) is 5.42. The molecule has 0 spiro atoms. The summed E-state index contributed by atoms with van der Waals surface area (Å²) in [5, 5.41) is 3.51. The van der Waals surface area contributed by atoms with Gasteiger partial charge in [-0.05, 0) is 45.2 Å². The molecule has 1 N–H and O–H groups in total. The topological polar surface area (TPSA) is 12.0 Å². The van der Waals surface area contributed by atoms with Crippen LogP contribution in [0.25, 0.3) is 6.08 Å². The molecular weight excluding hydrogens is 194 g/mol. The molecule has 1 aliphatic rings. The monoisotopic (exact) mass is 215 g/mol. The molecule has 0 radical (unpaired) electrons. The van der Waals surface area contributed by atoms with Crippen molar-refractivity contribution in [3.63, 3.8) is 0 Å². The standard InChI is InChI=1S/C15H21N/c1-12-9-13(2)11-14(10-12)5-3-4-8-16-15-6-7-15/h3,5,9-11,15-16H,4,6-8H2,1-2H3. The van der Waals surface area contributed by atoms with Crippen molar-refractivity contribution in [2.45, 2.75) is 39.2 Å². The third-order valence-electron chi connectivity index (χ3n) is 2.88. The van der Waals surface area contributed by atoms with Gasteiger partial charge >= 0.3 is 0 Å². The summed E-state index contributed by atoms with van der Waals surface area (Å²) >= 11 is 0. The molecule has 0 bridgehead atoms. The Morgan fingerprint density at radius 2 is 1.88 bits per heavy atom. The third kappa shape index (κ3) is 3.82. The maximum absolute atomic E-state index is 3.51. The molecule has 0 heterocycles. The first kappa shape index (κ1) is 11.4. The zero-order chi connectivity index (χ0) is 11.4. The minimum atomic E-state index is 0.828. The molecule has 1 saturated carbocycles. The van der Waals surface area contributed by atoms with E-state index in [1.54, 1.807) is 0 Å². The second kappa shape index (κ2) is 5.31. The molecule has 0 aliphatic heterocycles. The molecule has 0 amide bonds. The van der Waals surface area contributed by atoms with Gasteiger partial charge in [0.1, 0.15) is 0 Å². The smallest absolute Gasteiger partial charge is 0.00683 e. The van der Waals surface area contributed by atoms with Crippen molar-refractivity contribution in [3.8, 4) is 0 Å². The summed E-state index contributed by atoms with van der Waals surface area (Å²) in [4.78, 5) is 0. The van der Waals surface area contributed by atoms with E-state index in [1.165, 1.54) is 29.5 Å². The van der Waals surface area contributed by atoms with Gasteiger partial charge in [0.2, 0.25) is 0 Å². The van der Waals surface area contributed by atoms with E-state index in [0.717, 1.165) is 19.0 Å². The van der Waals surface area contributed by atoms with E-state index >= 15 is 0 Å². The van der Waals surface area contributed by atoms with Crippen LogP contribution in [0.4, 0.5) is 0 Å². The Morgan fingerprint density at radius 3 is 2.50 bits per heavy atom. The predicted molar refractivity (Wildman–Crippen MR) is 70.6 cm³/mol. The van der Waals surface area contributed by atoms with Gasteiger partial charge in [-0.3, -0.25) is 0 Å². The fourth-order valence-electron chi connectivity index (χ4n) is 1.98. The number of aryl methyl sites for hydroxylation is 2. The molecule has 1 aromatic rings. The van der Waals surface area contributed by atoms with Gasteiger partial charge in [-0.1, -0.05) is 41.5 Å². The number of nitrogens with one attached hydrogen (secondary N) is 1. The molecule has 1 fully saturated rings. The van der Waals surface area contributed by atoms with Crippen LogP contribution in [0.3, 0.4) is 0 Å². The van der Waals surface area contributed by atoms with E-state index in [9.17, 15) is 0 Å². The fourth-order valence-corrected chi connectivity index (χ4v) is 1.98. The highest BCUT2D eigenvalue weighted by atomic mass is 14.9. The van der Waals surface area contributed by atoms with Crippen molar-refractivity contribution in [3.05, 3.63) is 41.0 Å². The van der Waals surface area contributed by atoms with Crippen LogP contribution in [0.1, 0.15) is 36.0 Å². The molecule has 2 rings (SSSR count). The van der Waals surface area contributed by atoms with Crippen LogP contribution < -0.4 is 5.32 Å². The van der Waals surface area contributed by atoms with Gasteiger partial charge in [-0.2, -0.15) is 0 Å². The van der Waals surface area contributed by atoms with Crippen LogP contribution >= 0.6 is 0 Å². The van der Waals surface area contributed by atoms with Crippen LogP contribution in [-0.4, -0.2) is 12.6 Å². The summed E-state index contributed by atoms with van der Waals surface area (Å²) in [5.74, 6) is 0. The van der Waals surface area contributed by atoms with Crippen LogP contribution in [0.5, 0.6) is 0 Å². The quantitative estimate of drug-likeness (QED) is 0.742. The summed E-state index contributed by atoms with van der Waals surface area (Å²) in [6.07, 6.45) is 8.38. The van der Waals surface area contributed by atoms with E-state index in [1.807, 2.05) is 0 Å². The van der Waals surface area contributed by atoms with E-state index < -0.39 is 0 Å². The van der Waals surface area contributed by atoms with Gasteiger partial charge in [-0.25, -0.2) is 0 Å². The molecule has 86 valence electrons. The maximum Gasteiger partial charge on any atom is 0.00683 e. The van der Waals surface area contributed by atoms with Crippen molar-refractivity contribution in [2.24, 2.45) is 0 Å². The van der Waals surface area contributed by atoms with Gasteiger partial charge < -0.3 is 5.32 Å². The van der Waals surface area contributed by atoms with E-state index in [0.29, 0.717) is 0 Å². The average Bonchev–Trinajstić information content (AvgIpc) is 2.99. The number of hydrogen-bond acceptors (Lipinski definition) is 1. The fraction of sp³-hybridized carbons (Fsp3) is 0.467. The summed E-state index contributed by atoms with van der Waals surface area (Å²) in [7, 11) is 0. The largest absolute Gasteiger partial charge is 0.314 e. The lowest BCUT2D eigenvalue weighted by Gasteiger charge is -2.00. The van der Waals surface area contributed by atoms with Gasteiger partial charge in [0, 0.05) is 6.04 Å². The summed E-state index contributed by atoms with van der Waals surface area (Å²) < 4.78 is 0. The molecule has 0 unspecified atom stereocenters. The minimum absolute atomic E-state index is 0.828. The first-order chi connectivity index (χ1) is 7.74. The molecule has 0 aromatic heterocycles. The van der Waals surface area contributed by atoms with Gasteiger partial charge in [0.15, 0.2) is 0 Å². The van der Waals surface area contributed by atoms with E-state index in [-0.39, 0.29) is 0 Å². The summed E-state index contributed by atoms with van der Waals surface area (Å²) in [5.41, 5.74) is 4.01. The predicted octanol–water partition coefficient (Wildman–Crippen LogP) is 3.46. The Hall–Kier alpha value is -1.08. The highest BCUT2D eigenvalue weighted by Gasteiger charge is 2.19. The highest BCUT2D eigenvalue weighted by Crippen LogP contribution is 2.18. The third-order valence-corrected chi connectivity index (χ3v) is 2.88. The van der Waals surface area contributed by atoms with Crippen LogP contribution in [0.15, 0.2) is 24.3 Å². The van der Waals surface area contributed by atoms with Crippen LogP contribution in [0, 0.1) is 13.8 Å². The second-order valence-electron chi connectivity index (χ2n) is 4.84. The Bertz CT molecular complexity index is 355. The van der Waals surface area contributed by atoms with Gasteiger partial charge in [0.05, 0.1) is 0 Å². The number of benzene rings is 1. The lowest BCUT2D eigenvalue weighted by atomic mass is 10.1. The Balaban J connectivity index is 1.79. The second-order valence-corrected chi connectivity index (χ2v) is 4.84. The Kier molecular flexibility index (Phi) is 3.79. The maximum atomic E-state index is 3.51. The van der Waals surface area contributed by atoms with Crippen LogP contribution in [-0.2, 0) is 0 Å². The molecule has 16 heavy (non-hydrogen) atoms. The lowest BCUT2D eigenvalue weighted by molar-refractivity contribution is 0.691. The highest BCUT2D eigenvalue weighted by molar-refractivity contribution is 5.51.